The highest BCUT2D eigenvalue weighted by atomic mass is 32.1. The van der Waals surface area contributed by atoms with Crippen molar-refractivity contribution in [3.63, 3.8) is 0 Å². The molecule has 0 unspecified atom stereocenters. The number of likely N-dealkylation sites (N-methyl/N-ethyl adjacent to an activating group) is 1. The number of anilines is 2. The molecule has 290 valence electrons. The van der Waals surface area contributed by atoms with E-state index in [1.807, 2.05) is 54.6 Å². The van der Waals surface area contributed by atoms with Crippen molar-refractivity contribution in [1.82, 2.24) is 9.80 Å². The molecule has 0 fully saturated rings. The molecule has 0 spiro atoms. The molecular formula is C43H50N4O7S. The summed E-state index contributed by atoms with van der Waals surface area (Å²) in [6.45, 7) is 5.72. The van der Waals surface area contributed by atoms with Crippen molar-refractivity contribution in [2.45, 2.75) is 84.2 Å². The number of nitrogens with one attached hydrogen (secondary N) is 2. The number of carbonyl (C=O) groups excluding carboxylic acids is 3. The summed E-state index contributed by atoms with van der Waals surface area (Å²) in [6.07, 6.45) is 6.02. The summed E-state index contributed by atoms with van der Waals surface area (Å²) in [5.74, 6) is -2.68. The summed E-state index contributed by atoms with van der Waals surface area (Å²) in [4.78, 5) is 66.8. The predicted octanol–water partition coefficient (Wildman–Crippen LogP) is 7.54. The minimum Gasteiger partial charge on any atom is -0.481 e. The van der Waals surface area contributed by atoms with Gasteiger partial charge in [-0.05, 0) is 117 Å². The lowest BCUT2D eigenvalue weighted by Gasteiger charge is -2.29. The van der Waals surface area contributed by atoms with Crippen molar-refractivity contribution in [2.75, 3.05) is 30.8 Å². The molecule has 0 saturated carbocycles. The molecule has 4 aromatic rings. The minimum absolute atomic E-state index is 0.0352. The predicted molar refractivity (Wildman–Crippen MR) is 215 cm³/mol. The summed E-state index contributed by atoms with van der Waals surface area (Å²) in [7, 11) is 1.68. The number of thiophene rings is 1. The number of nitrogens with zero attached hydrogens (tertiary/aromatic N) is 2. The van der Waals surface area contributed by atoms with Gasteiger partial charge in [-0.3, -0.25) is 24.1 Å². The number of amides is 3. The summed E-state index contributed by atoms with van der Waals surface area (Å²) in [5, 5.41) is 24.7. The van der Waals surface area contributed by atoms with Crippen LogP contribution in [-0.2, 0) is 41.8 Å². The van der Waals surface area contributed by atoms with E-state index in [1.54, 1.807) is 30.1 Å². The Labute approximate surface area is 326 Å². The molecule has 0 bridgehead atoms. The first kappa shape index (κ1) is 40.8. The van der Waals surface area contributed by atoms with Crippen LogP contribution in [0.4, 0.5) is 10.7 Å². The summed E-state index contributed by atoms with van der Waals surface area (Å²) in [5.41, 5.74) is 6.11. The van der Waals surface area contributed by atoms with Gasteiger partial charge in [0.25, 0.3) is 11.8 Å². The highest BCUT2D eigenvalue weighted by molar-refractivity contribution is 7.17. The SMILES string of the molecule is CC(C)N(CCN(C)C(=O)CCC(=O)O)Cc1cccc(C(=O)Nc2sc3c(c2C(=O)Nc2ccc(CCCc4ccc(C(=O)O)cc4)cc2)CCCC3)c1. The second kappa shape index (κ2) is 19.3. The number of hydrogen-bond acceptors (Lipinski definition) is 7. The fraction of sp³-hybridized carbons (Fsp3) is 0.372. The number of hydrogen-bond donors (Lipinski definition) is 4. The van der Waals surface area contributed by atoms with E-state index in [4.69, 9.17) is 10.2 Å². The standard InChI is InChI=1S/C43H50N4O7S/c1-28(2)47(25-24-46(3)37(48)22-23-38(49)50)27-31-10-7-11-33(26-31)40(51)45-42-39(35-12-4-5-13-36(35)55-42)41(52)44-34-20-16-30(17-21-34)9-6-8-29-14-18-32(19-15-29)43(53)54/h7,10-11,14-21,26,28H,4-6,8-9,12-13,22-25,27H2,1-3H3,(H,44,52)(H,45,51)(H,49,50)(H,53,54). The number of carboxylic acids is 2. The first-order valence-corrected chi connectivity index (χ1v) is 19.7. The maximum atomic E-state index is 13.9. The molecule has 1 aliphatic rings. The van der Waals surface area contributed by atoms with Crippen LogP contribution in [0.5, 0.6) is 0 Å². The minimum atomic E-state index is -0.997. The van der Waals surface area contributed by atoms with Gasteiger partial charge >= 0.3 is 11.9 Å². The Kier molecular flexibility index (Phi) is 14.3. The number of benzene rings is 3. The Morgan fingerprint density at radius 2 is 1.44 bits per heavy atom. The molecule has 3 amide bonds. The van der Waals surface area contributed by atoms with Gasteiger partial charge in [0.05, 0.1) is 17.5 Å². The van der Waals surface area contributed by atoms with Crippen LogP contribution in [-0.4, -0.2) is 75.9 Å². The fourth-order valence-electron chi connectivity index (χ4n) is 6.70. The van der Waals surface area contributed by atoms with Crippen molar-refractivity contribution in [1.29, 1.82) is 0 Å². The fourth-order valence-corrected chi connectivity index (χ4v) is 7.98. The summed E-state index contributed by atoms with van der Waals surface area (Å²) >= 11 is 1.48. The van der Waals surface area contributed by atoms with Crippen LogP contribution in [0.1, 0.15) is 104 Å². The van der Waals surface area contributed by atoms with Gasteiger partial charge in [0.2, 0.25) is 5.91 Å². The van der Waals surface area contributed by atoms with Crippen LogP contribution in [0.15, 0.2) is 72.8 Å². The molecular weight excluding hydrogens is 717 g/mol. The van der Waals surface area contributed by atoms with Crippen LogP contribution in [0.3, 0.4) is 0 Å². The van der Waals surface area contributed by atoms with Gasteiger partial charge in [0.1, 0.15) is 5.00 Å². The Morgan fingerprint density at radius 3 is 2.09 bits per heavy atom. The van der Waals surface area contributed by atoms with Gasteiger partial charge in [-0.25, -0.2) is 4.79 Å². The number of fused-ring (bicyclic) bond motifs is 1. The van der Waals surface area contributed by atoms with E-state index >= 15 is 0 Å². The van der Waals surface area contributed by atoms with Crippen molar-refractivity contribution >= 4 is 51.7 Å². The van der Waals surface area contributed by atoms with E-state index < -0.39 is 11.9 Å². The van der Waals surface area contributed by atoms with E-state index in [0.29, 0.717) is 41.4 Å². The maximum absolute atomic E-state index is 13.9. The first-order chi connectivity index (χ1) is 26.4. The van der Waals surface area contributed by atoms with E-state index in [-0.39, 0.29) is 42.2 Å². The quantitative estimate of drug-likeness (QED) is 0.0810. The highest BCUT2D eigenvalue weighted by Gasteiger charge is 2.27. The number of aliphatic carboxylic acids is 1. The molecule has 0 radical (unpaired) electrons. The zero-order valence-corrected chi connectivity index (χ0v) is 32.5. The van der Waals surface area contributed by atoms with Gasteiger partial charge in [-0.1, -0.05) is 36.4 Å². The summed E-state index contributed by atoms with van der Waals surface area (Å²) < 4.78 is 0. The molecule has 1 heterocycles. The van der Waals surface area contributed by atoms with Gasteiger partial charge in [0.15, 0.2) is 0 Å². The molecule has 11 nitrogen and oxygen atoms in total. The normalized spacial score (nSPS) is 12.3. The van der Waals surface area contributed by atoms with E-state index in [0.717, 1.165) is 72.1 Å². The average molecular weight is 767 g/mol. The topological polar surface area (TPSA) is 156 Å². The number of aromatic carboxylic acids is 1. The number of carbonyl (C=O) groups is 5. The van der Waals surface area contributed by atoms with Crippen LogP contribution in [0, 0.1) is 0 Å². The molecule has 55 heavy (non-hydrogen) atoms. The molecule has 0 aliphatic heterocycles. The first-order valence-electron chi connectivity index (χ1n) is 18.8. The molecule has 5 rings (SSSR count). The lowest BCUT2D eigenvalue weighted by Crippen LogP contribution is -2.39. The molecule has 1 aromatic heterocycles. The molecule has 3 aromatic carbocycles. The Morgan fingerprint density at radius 1 is 0.764 bits per heavy atom. The monoisotopic (exact) mass is 766 g/mol. The molecule has 12 heteroatoms. The number of aryl methyl sites for hydroxylation is 3. The Balaban J connectivity index is 1.21. The number of rotatable bonds is 18. The van der Waals surface area contributed by atoms with E-state index in [9.17, 15) is 24.0 Å². The summed E-state index contributed by atoms with van der Waals surface area (Å²) in [6, 6.07) is 22.3. The van der Waals surface area contributed by atoms with Crippen LogP contribution < -0.4 is 10.6 Å². The molecule has 0 atom stereocenters. The molecule has 4 N–H and O–H groups in total. The molecule has 0 saturated heterocycles. The van der Waals surface area contributed by atoms with Crippen LogP contribution >= 0.6 is 11.3 Å². The average Bonchev–Trinajstić information content (AvgIpc) is 3.54. The smallest absolute Gasteiger partial charge is 0.335 e. The molecule has 1 aliphatic carbocycles. The highest BCUT2D eigenvalue weighted by Crippen LogP contribution is 2.39. The Hall–Kier alpha value is -5.33. The lowest BCUT2D eigenvalue weighted by atomic mass is 9.95. The largest absolute Gasteiger partial charge is 0.481 e. The van der Waals surface area contributed by atoms with Gasteiger partial charge < -0.3 is 25.7 Å². The van der Waals surface area contributed by atoms with Crippen molar-refractivity contribution in [2.24, 2.45) is 0 Å². The maximum Gasteiger partial charge on any atom is 0.335 e. The third kappa shape index (κ3) is 11.6. The Bertz CT molecular complexity index is 1990. The van der Waals surface area contributed by atoms with E-state index in [1.165, 1.54) is 11.3 Å². The van der Waals surface area contributed by atoms with Crippen molar-refractivity contribution in [3.05, 3.63) is 117 Å². The zero-order chi connectivity index (χ0) is 39.5. The van der Waals surface area contributed by atoms with Gasteiger partial charge in [-0.2, -0.15) is 0 Å². The van der Waals surface area contributed by atoms with Gasteiger partial charge in [-0.15, -0.1) is 11.3 Å². The second-order valence-corrected chi connectivity index (χ2v) is 15.5. The van der Waals surface area contributed by atoms with Crippen LogP contribution in [0.2, 0.25) is 0 Å². The lowest BCUT2D eigenvalue weighted by molar-refractivity contribution is -0.140. The van der Waals surface area contributed by atoms with Crippen molar-refractivity contribution in [3.8, 4) is 0 Å². The van der Waals surface area contributed by atoms with Crippen LogP contribution in [0.25, 0.3) is 0 Å². The third-order valence-electron chi connectivity index (χ3n) is 9.98. The van der Waals surface area contributed by atoms with Crippen molar-refractivity contribution < 1.29 is 34.2 Å². The van der Waals surface area contributed by atoms with Gasteiger partial charge in [0, 0.05) is 55.3 Å². The number of carboxylic acid groups (broad SMARTS) is 2. The third-order valence-corrected chi connectivity index (χ3v) is 11.2. The second-order valence-electron chi connectivity index (χ2n) is 14.3. The zero-order valence-electron chi connectivity index (χ0n) is 31.7. The van der Waals surface area contributed by atoms with E-state index in [2.05, 4.69) is 29.4 Å².